The Bertz CT molecular complexity index is 520. The third kappa shape index (κ3) is 4.33. The number of nitrogens with zero attached hydrogens (tertiary/aromatic N) is 1. The van der Waals surface area contributed by atoms with Crippen molar-refractivity contribution in [3.63, 3.8) is 0 Å². The van der Waals surface area contributed by atoms with Crippen molar-refractivity contribution in [1.29, 1.82) is 0 Å². The van der Waals surface area contributed by atoms with E-state index in [1.165, 1.54) is 24.2 Å². The molecule has 1 saturated heterocycles. The minimum Gasteiger partial charge on any atom is -0.464 e. The van der Waals surface area contributed by atoms with E-state index >= 15 is 0 Å². The van der Waals surface area contributed by atoms with E-state index in [1.807, 2.05) is 0 Å². The quantitative estimate of drug-likeness (QED) is 0.687. The van der Waals surface area contributed by atoms with E-state index in [0.717, 1.165) is 25.2 Å². The van der Waals surface area contributed by atoms with Gasteiger partial charge in [0.15, 0.2) is 6.61 Å². The maximum atomic E-state index is 12.4. The Morgan fingerprint density at radius 1 is 1.04 bits per heavy atom. The molecule has 0 aromatic heterocycles. The molecule has 4 atom stereocenters. The highest BCUT2D eigenvalue weighted by Crippen LogP contribution is 2.49. The molecule has 6 nitrogen and oxygen atoms in total. The second kappa shape index (κ2) is 8.19. The second-order valence-corrected chi connectivity index (χ2v) is 7.65. The zero-order valence-corrected chi connectivity index (χ0v) is 15.1. The van der Waals surface area contributed by atoms with Crippen LogP contribution in [0.4, 0.5) is 0 Å². The zero-order chi connectivity index (χ0) is 17.8. The van der Waals surface area contributed by atoms with Crippen molar-refractivity contribution in [2.45, 2.75) is 64.3 Å². The summed E-state index contributed by atoms with van der Waals surface area (Å²) in [7, 11) is 0. The van der Waals surface area contributed by atoms with Crippen molar-refractivity contribution in [3.05, 3.63) is 0 Å². The number of ether oxygens (including phenoxy) is 2. The Hall–Kier alpha value is -1.59. The summed E-state index contributed by atoms with van der Waals surface area (Å²) in [6.45, 7) is 2.31. The van der Waals surface area contributed by atoms with Crippen LogP contribution in [0.15, 0.2) is 0 Å². The average Bonchev–Trinajstić information content (AvgIpc) is 3.23. The lowest BCUT2D eigenvalue weighted by Crippen LogP contribution is -2.50. The van der Waals surface area contributed by atoms with Crippen LogP contribution in [0, 0.1) is 17.8 Å². The van der Waals surface area contributed by atoms with Gasteiger partial charge in [0, 0.05) is 13.0 Å². The van der Waals surface area contributed by atoms with Crippen LogP contribution in [0.1, 0.15) is 58.3 Å². The molecule has 140 valence electrons. The van der Waals surface area contributed by atoms with Gasteiger partial charge in [0.2, 0.25) is 0 Å². The summed E-state index contributed by atoms with van der Waals surface area (Å²) in [5.74, 6) is 0.966. The normalized spacial score (nSPS) is 31.0. The summed E-state index contributed by atoms with van der Waals surface area (Å²) in [5.41, 5.74) is 0. The number of carbonyl (C=O) groups is 3. The highest BCUT2D eigenvalue weighted by molar-refractivity contribution is 5.86. The lowest BCUT2D eigenvalue weighted by atomic mass is 9.86. The Labute approximate surface area is 149 Å². The first-order valence-electron chi connectivity index (χ1n) is 9.70. The van der Waals surface area contributed by atoms with Gasteiger partial charge in [-0.1, -0.05) is 6.42 Å². The first-order chi connectivity index (χ1) is 12.1. The highest BCUT2D eigenvalue weighted by Gasteiger charge is 2.40. The predicted octanol–water partition coefficient (Wildman–Crippen LogP) is 2.30. The molecule has 3 aliphatic rings. The lowest BCUT2D eigenvalue weighted by Gasteiger charge is -2.33. The number of likely N-dealkylation sites (tertiary alicyclic amines) is 1. The molecule has 3 fully saturated rings. The van der Waals surface area contributed by atoms with Crippen LogP contribution in [0.5, 0.6) is 0 Å². The topological polar surface area (TPSA) is 72.9 Å². The molecule has 0 aromatic carbocycles. The third-order valence-electron chi connectivity index (χ3n) is 6.05. The van der Waals surface area contributed by atoms with E-state index in [1.54, 1.807) is 6.92 Å². The van der Waals surface area contributed by atoms with E-state index in [9.17, 15) is 14.4 Å². The summed E-state index contributed by atoms with van der Waals surface area (Å²) in [6.07, 6.45) is 7.73. The fourth-order valence-corrected chi connectivity index (χ4v) is 4.84. The van der Waals surface area contributed by atoms with Gasteiger partial charge in [-0.2, -0.15) is 0 Å². The van der Waals surface area contributed by atoms with E-state index < -0.39 is 6.04 Å². The summed E-state index contributed by atoms with van der Waals surface area (Å²) >= 11 is 0. The molecular formula is C19H29NO5. The largest absolute Gasteiger partial charge is 0.464 e. The minimum absolute atomic E-state index is 0.268. The molecule has 1 aliphatic heterocycles. The van der Waals surface area contributed by atoms with Gasteiger partial charge in [-0.25, -0.2) is 4.79 Å². The molecule has 2 bridgehead atoms. The summed E-state index contributed by atoms with van der Waals surface area (Å²) in [5, 5.41) is 0. The predicted molar refractivity (Wildman–Crippen MR) is 90.5 cm³/mol. The van der Waals surface area contributed by atoms with E-state index in [2.05, 4.69) is 0 Å². The molecular weight excluding hydrogens is 322 g/mol. The van der Waals surface area contributed by atoms with Crippen molar-refractivity contribution in [1.82, 2.24) is 4.90 Å². The Morgan fingerprint density at radius 3 is 2.56 bits per heavy atom. The van der Waals surface area contributed by atoms with Gasteiger partial charge in [-0.05, 0) is 63.2 Å². The number of piperidine rings is 1. The maximum Gasteiger partial charge on any atom is 0.328 e. The zero-order valence-electron chi connectivity index (χ0n) is 15.1. The molecule has 0 spiro atoms. The number of amides is 1. The lowest BCUT2D eigenvalue weighted by molar-refractivity contribution is -0.161. The second-order valence-electron chi connectivity index (χ2n) is 7.65. The molecule has 2 aliphatic carbocycles. The van der Waals surface area contributed by atoms with Gasteiger partial charge >= 0.3 is 11.9 Å². The number of rotatable bonds is 6. The van der Waals surface area contributed by atoms with E-state index in [-0.39, 0.29) is 24.5 Å². The fourth-order valence-electron chi connectivity index (χ4n) is 4.84. The fraction of sp³-hybridized carbons (Fsp3) is 0.842. The number of carbonyl (C=O) groups excluding carboxylic acids is 3. The van der Waals surface area contributed by atoms with Crippen molar-refractivity contribution in [3.8, 4) is 0 Å². The molecule has 25 heavy (non-hydrogen) atoms. The molecule has 4 unspecified atom stereocenters. The minimum atomic E-state index is -0.537. The third-order valence-corrected chi connectivity index (χ3v) is 6.05. The standard InChI is InChI=1S/C19H29NO5/c1-2-24-19(23)16-5-3-4-8-20(16)17(21)12-25-18(22)11-15-10-13-6-7-14(15)9-13/h13-16H,2-12H2,1H3. The van der Waals surface area contributed by atoms with Crippen LogP contribution in [0.3, 0.4) is 0 Å². The summed E-state index contributed by atoms with van der Waals surface area (Å²) in [4.78, 5) is 38.1. The monoisotopic (exact) mass is 351 g/mol. The van der Waals surface area contributed by atoms with Gasteiger partial charge in [0.1, 0.15) is 6.04 Å². The summed E-state index contributed by atoms with van der Waals surface area (Å²) in [6, 6.07) is -0.537. The van der Waals surface area contributed by atoms with Gasteiger partial charge in [0.25, 0.3) is 5.91 Å². The summed E-state index contributed by atoms with van der Waals surface area (Å²) < 4.78 is 10.3. The van der Waals surface area contributed by atoms with Crippen LogP contribution in [-0.4, -0.2) is 48.5 Å². The number of hydrogen-bond acceptors (Lipinski definition) is 5. The Balaban J connectivity index is 1.45. The first-order valence-corrected chi connectivity index (χ1v) is 9.70. The molecule has 2 saturated carbocycles. The Kier molecular flexibility index (Phi) is 5.97. The van der Waals surface area contributed by atoms with Crippen molar-refractivity contribution >= 4 is 17.8 Å². The number of esters is 2. The number of fused-ring (bicyclic) bond motifs is 2. The van der Waals surface area contributed by atoms with Gasteiger partial charge in [-0.3, -0.25) is 9.59 Å². The van der Waals surface area contributed by atoms with Crippen LogP contribution in [0.25, 0.3) is 0 Å². The molecule has 6 heteroatoms. The van der Waals surface area contributed by atoms with Crippen molar-refractivity contribution < 1.29 is 23.9 Å². The molecule has 0 N–H and O–H groups in total. The molecule has 0 radical (unpaired) electrons. The van der Waals surface area contributed by atoms with Gasteiger partial charge in [0.05, 0.1) is 6.61 Å². The van der Waals surface area contributed by atoms with E-state index in [4.69, 9.17) is 9.47 Å². The molecule has 0 aromatic rings. The van der Waals surface area contributed by atoms with Crippen LogP contribution >= 0.6 is 0 Å². The van der Waals surface area contributed by atoms with E-state index in [0.29, 0.717) is 37.8 Å². The maximum absolute atomic E-state index is 12.4. The molecule has 1 heterocycles. The van der Waals surface area contributed by atoms with Crippen LogP contribution in [0.2, 0.25) is 0 Å². The van der Waals surface area contributed by atoms with Crippen LogP contribution in [-0.2, 0) is 23.9 Å². The first kappa shape index (κ1) is 18.2. The van der Waals surface area contributed by atoms with Crippen LogP contribution < -0.4 is 0 Å². The molecule has 1 amide bonds. The molecule has 3 rings (SSSR count). The van der Waals surface area contributed by atoms with Crippen molar-refractivity contribution in [2.75, 3.05) is 19.8 Å². The number of hydrogen-bond donors (Lipinski definition) is 0. The average molecular weight is 351 g/mol. The van der Waals surface area contributed by atoms with Gasteiger partial charge in [-0.15, -0.1) is 0 Å². The smallest absolute Gasteiger partial charge is 0.328 e. The highest BCUT2D eigenvalue weighted by atomic mass is 16.5. The SMILES string of the molecule is CCOC(=O)C1CCCCN1C(=O)COC(=O)CC1CC2CCC1C2. The Morgan fingerprint density at radius 2 is 1.88 bits per heavy atom. The van der Waals surface area contributed by atoms with Gasteiger partial charge < -0.3 is 14.4 Å². The van der Waals surface area contributed by atoms with Crippen molar-refractivity contribution in [2.24, 2.45) is 17.8 Å².